The van der Waals surface area contributed by atoms with Crippen LogP contribution in [0.15, 0.2) is 52.7 Å². The zero-order chi connectivity index (χ0) is 23.5. The van der Waals surface area contributed by atoms with Crippen molar-refractivity contribution in [3.8, 4) is 17.6 Å². The number of ether oxygens (including phenoxy) is 4. The van der Waals surface area contributed by atoms with Gasteiger partial charge in [-0.2, -0.15) is 5.26 Å². The molecule has 0 saturated carbocycles. The molecule has 2 N–H and O–H groups in total. The topological polar surface area (TPSA) is 102 Å². The van der Waals surface area contributed by atoms with Gasteiger partial charge in [-0.15, -0.1) is 12.6 Å². The van der Waals surface area contributed by atoms with Crippen molar-refractivity contribution in [2.75, 3.05) is 47.1 Å². The number of carbonyl (C=O) groups is 1. The van der Waals surface area contributed by atoms with Crippen LogP contribution in [0.1, 0.15) is 18.4 Å². The van der Waals surface area contributed by atoms with Crippen LogP contribution in [0.3, 0.4) is 0 Å². The number of esters is 1. The minimum atomic E-state index is -0.633. The molecule has 172 valence electrons. The number of carbonyl (C=O) groups excluding carboxylic acids is 1. The fraction of sp³-hybridized carbons (Fsp3) is 0.391. The molecular weight excluding hydrogens is 430 g/mol. The van der Waals surface area contributed by atoms with E-state index >= 15 is 0 Å². The van der Waals surface area contributed by atoms with Gasteiger partial charge in [-0.1, -0.05) is 18.7 Å². The van der Waals surface area contributed by atoms with Gasteiger partial charge in [0, 0.05) is 18.8 Å². The Bertz CT molecular complexity index is 921. The maximum atomic E-state index is 12.6. The molecule has 1 saturated heterocycles. The second-order valence-corrected chi connectivity index (χ2v) is 7.28. The fourth-order valence-corrected chi connectivity index (χ4v) is 3.64. The number of dihydropyridines is 1. The van der Waals surface area contributed by atoms with Gasteiger partial charge in [0.25, 0.3) is 0 Å². The predicted molar refractivity (Wildman–Crippen MR) is 125 cm³/mol. The molecule has 32 heavy (non-hydrogen) atoms. The van der Waals surface area contributed by atoms with Crippen LogP contribution in [-0.2, 0) is 14.3 Å². The molecule has 8 nitrogen and oxygen atoms in total. The number of nitrogens with one attached hydrogen (secondary N) is 2. The summed E-state index contributed by atoms with van der Waals surface area (Å²) in [6.07, 6.45) is 1.49. The second-order valence-electron chi connectivity index (χ2n) is 6.83. The van der Waals surface area contributed by atoms with E-state index in [1.165, 1.54) is 20.3 Å². The minimum Gasteiger partial charge on any atom is -0.493 e. The lowest BCUT2D eigenvalue weighted by molar-refractivity contribution is -0.138. The van der Waals surface area contributed by atoms with E-state index in [-0.39, 0.29) is 6.61 Å². The smallest absolute Gasteiger partial charge is 0.337 e. The number of benzene rings is 1. The van der Waals surface area contributed by atoms with Crippen molar-refractivity contribution >= 4 is 18.6 Å². The molecule has 2 heterocycles. The average molecular weight is 460 g/mol. The Morgan fingerprint density at radius 2 is 2.00 bits per heavy atom. The molecule has 2 aliphatic rings. The Kier molecular flexibility index (Phi) is 10.1. The van der Waals surface area contributed by atoms with Crippen molar-refractivity contribution < 1.29 is 23.7 Å². The van der Waals surface area contributed by atoms with Crippen LogP contribution >= 0.6 is 12.6 Å². The Hall–Kier alpha value is -2.93. The zero-order valence-corrected chi connectivity index (χ0v) is 19.5. The van der Waals surface area contributed by atoms with Crippen LogP contribution in [0.4, 0.5) is 0 Å². The lowest BCUT2D eigenvalue weighted by Crippen LogP contribution is -2.30. The summed E-state index contributed by atoms with van der Waals surface area (Å²) in [5.41, 5.74) is 1.92. The molecule has 1 unspecified atom stereocenters. The van der Waals surface area contributed by atoms with Crippen LogP contribution in [0.2, 0.25) is 0 Å². The van der Waals surface area contributed by atoms with Crippen LogP contribution in [-0.4, -0.2) is 53.1 Å². The molecule has 0 amide bonds. The quantitative estimate of drug-likeness (QED) is 0.339. The molecule has 1 aromatic rings. The minimum absolute atomic E-state index is 0.0770. The first-order valence-electron chi connectivity index (χ1n) is 10.1. The van der Waals surface area contributed by atoms with Gasteiger partial charge in [0.15, 0.2) is 11.5 Å². The third-order valence-corrected chi connectivity index (χ3v) is 5.16. The van der Waals surface area contributed by atoms with Gasteiger partial charge in [0.1, 0.15) is 6.61 Å². The zero-order valence-electron chi connectivity index (χ0n) is 18.6. The third-order valence-electron chi connectivity index (χ3n) is 4.80. The van der Waals surface area contributed by atoms with Gasteiger partial charge in [-0.05, 0) is 24.6 Å². The van der Waals surface area contributed by atoms with Crippen molar-refractivity contribution in [3.63, 3.8) is 0 Å². The molecule has 0 spiro atoms. The Morgan fingerprint density at radius 1 is 1.31 bits per heavy atom. The Labute approximate surface area is 194 Å². The van der Waals surface area contributed by atoms with Crippen LogP contribution in [0.5, 0.6) is 11.5 Å². The number of morpholine rings is 1. The standard InChI is InChI=1S/C19H20N2O4S.C4H9NO/c1-5-8-25-19(22)16-11(2)21-18(26)13(10-20)17(16)12-6-7-14(23-3)15(9-12)24-4;1-3-6-4-2-5-1/h5-7,9,17,21,26H,1,8H2,2-4H3;5H,1-4H2. The van der Waals surface area contributed by atoms with Crippen LogP contribution in [0.25, 0.3) is 0 Å². The SMILES string of the molecule is C1COCCN1.C=CCOC(=O)C1=C(C)NC(S)=C(C#N)C1c1ccc(OC)c(OC)c1. The summed E-state index contributed by atoms with van der Waals surface area (Å²) in [5, 5.41) is 16.1. The monoisotopic (exact) mass is 459 g/mol. The van der Waals surface area contributed by atoms with E-state index in [9.17, 15) is 10.1 Å². The van der Waals surface area contributed by atoms with Crippen LogP contribution in [0, 0.1) is 11.3 Å². The number of hydrogen-bond acceptors (Lipinski definition) is 9. The van der Waals surface area contributed by atoms with E-state index in [2.05, 4.69) is 35.9 Å². The molecule has 0 radical (unpaired) electrons. The highest BCUT2D eigenvalue weighted by atomic mass is 32.1. The largest absolute Gasteiger partial charge is 0.493 e. The molecule has 2 aliphatic heterocycles. The first-order chi connectivity index (χ1) is 15.5. The summed E-state index contributed by atoms with van der Waals surface area (Å²) in [5.74, 6) is -0.109. The molecule has 1 aromatic carbocycles. The average Bonchev–Trinajstić information content (AvgIpc) is 2.83. The maximum absolute atomic E-state index is 12.6. The molecule has 9 heteroatoms. The molecule has 1 fully saturated rings. The highest BCUT2D eigenvalue weighted by molar-refractivity contribution is 7.84. The van der Waals surface area contributed by atoms with Gasteiger partial charge in [0.2, 0.25) is 0 Å². The number of hydrogen-bond donors (Lipinski definition) is 3. The highest BCUT2D eigenvalue weighted by Crippen LogP contribution is 2.41. The van der Waals surface area contributed by atoms with Crippen molar-refractivity contribution in [3.05, 3.63) is 58.3 Å². The summed E-state index contributed by atoms with van der Waals surface area (Å²) in [6, 6.07) is 7.38. The van der Waals surface area contributed by atoms with E-state index in [1.54, 1.807) is 25.1 Å². The van der Waals surface area contributed by atoms with Gasteiger partial charge in [0.05, 0.1) is 55.6 Å². The van der Waals surface area contributed by atoms with E-state index in [0.717, 1.165) is 26.3 Å². The normalized spacial score (nSPS) is 17.9. The summed E-state index contributed by atoms with van der Waals surface area (Å²) < 4.78 is 20.8. The number of methoxy groups -OCH3 is 2. The Balaban J connectivity index is 0.000000520. The van der Waals surface area contributed by atoms with Gasteiger partial charge >= 0.3 is 5.97 Å². The Morgan fingerprint density at radius 3 is 2.50 bits per heavy atom. The van der Waals surface area contributed by atoms with Crippen molar-refractivity contribution in [2.24, 2.45) is 0 Å². The summed E-state index contributed by atoms with van der Waals surface area (Å²) in [4.78, 5) is 12.6. The maximum Gasteiger partial charge on any atom is 0.337 e. The summed E-state index contributed by atoms with van der Waals surface area (Å²) >= 11 is 4.36. The molecule has 0 aromatic heterocycles. The van der Waals surface area contributed by atoms with Crippen molar-refractivity contribution in [2.45, 2.75) is 12.8 Å². The van der Waals surface area contributed by atoms with E-state index in [4.69, 9.17) is 18.9 Å². The number of allylic oxidation sites excluding steroid dienone is 2. The molecule has 3 rings (SSSR count). The van der Waals surface area contributed by atoms with E-state index in [1.807, 2.05) is 0 Å². The fourth-order valence-electron chi connectivity index (χ4n) is 3.29. The van der Waals surface area contributed by atoms with Crippen molar-refractivity contribution in [1.29, 1.82) is 5.26 Å². The number of thiol groups is 1. The van der Waals surface area contributed by atoms with E-state index < -0.39 is 11.9 Å². The van der Waals surface area contributed by atoms with Gasteiger partial charge < -0.3 is 29.6 Å². The lowest BCUT2D eigenvalue weighted by Gasteiger charge is -2.28. The van der Waals surface area contributed by atoms with Gasteiger partial charge in [-0.25, -0.2) is 4.79 Å². The summed E-state index contributed by atoms with van der Waals surface area (Å²) in [7, 11) is 3.06. The number of nitrogens with zero attached hydrogens (tertiary/aromatic N) is 1. The predicted octanol–water partition coefficient (Wildman–Crippen LogP) is 2.66. The molecule has 0 bridgehead atoms. The van der Waals surface area contributed by atoms with E-state index in [0.29, 0.717) is 38.9 Å². The highest BCUT2D eigenvalue weighted by Gasteiger charge is 2.35. The van der Waals surface area contributed by atoms with Gasteiger partial charge in [-0.3, -0.25) is 0 Å². The first kappa shape index (κ1) is 25.3. The second kappa shape index (κ2) is 12.8. The molecular formula is C23H29N3O5S. The van der Waals surface area contributed by atoms with Crippen molar-refractivity contribution in [1.82, 2.24) is 10.6 Å². The number of nitriles is 1. The third kappa shape index (κ3) is 6.29. The molecule has 0 aliphatic carbocycles. The summed E-state index contributed by atoms with van der Waals surface area (Å²) in [6.45, 7) is 9.19. The first-order valence-corrected chi connectivity index (χ1v) is 10.5. The van der Waals surface area contributed by atoms with Crippen LogP contribution < -0.4 is 20.1 Å². The lowest BCUT2D eigenvalue weighted by atomic mass is 9.82. The molecule has 1 atom stereocenters. The number of rotatable bonds is 6.